The summed E-state index contributed by atoms with van der Waals surface area (Å²) in [6, 6.07) is 14.0. The summed E-state index contributed by atoms with van der Waals surface area (Å²) in [7, 11) is 0. The predicted molar refractivity (Wildman–Crippen MR) is 103 cm³/mol. The molecule has 0 saturated carbocycles. The minimum Gasteiger partial charge on any atom is -0.341 e. The van der Waals surface area contributed by atoms with Crippen LogP contribution >= 0.6 is 24.8 Å². The number of amides is 1. The minimum absolute atomic E-state index is 0. The molecule has 6 heteroatoms. The summed E-state index contributed by atoms with van der Waals surface area (Å²) in [4.78, 5) is 18.6. The molecule has 2 aromatic rings. The third kappa shape index (κ3) is 6.48. The zero-order valence-corrected chi connectivity index (χ0v) is 15.4. The monoisotopic (exact) mass is 369 g/mol. The van der Waals surface area contributed by atoms with Gasteiger partial charge in [0.1, 0.15) is 0 Å². The molecule has 2 N–H and O–H groups in total. The molecule has 0 aliphatic rings. The number of aromatic nitrogens is 1. The Hall–Kier alpha value is -1.62. The molecule has 132 valence electrons. The van der Waals surface area contributed by atoms with E-state index >= 15 is 0 Å². The molecule has 0 spiro atoms. The fraction of sp³-hybridized carbons (Fsp3) is 0.333. The molecule has 1 atom stereocenters. The Morgan fingerprint density at radius 1 is 1.12 bits per heavy atom. The van der Waals surface area contributed by atoms with E-state index in [1.165, 1.54) is 5.56 Å². The maximum Gasteiger partial charge on any atom is 0.229 e. The lowest BCUT2D eigenvalue weighted by Crippen LogP contribution is -2.39. The number of pyridine rings is 1. The number of nitrogens with zero attached hydrogens (tertiary/aromatic N) is 2. The third-order valence-electron chi connectivity index (χ3n) is 3.78. The van der Waals surface area contributed by atoms with Crippen molar-refractivity contribution < 1.29 is 4.79 Å². The van der Waals surface area contributed by atoms with Crippen LogP contribution in [0.3, 0.4) is 0 Å². The quantitative estimate of drug-likeness (QED) is 0.815. The summed E-state index contributed by atoms with van der Waals surface area (Å²) in [5.74, 6) is -0.0922. The van der Waals surface area contributed by atoms with Gasteiger partial charge in [0.05, 0.1) is 5.92 Å². The standard InChI is InChI=1S/C18H23N3O.2ClH/c1-15(17-8-5-11-20-14-17)18(22)21(13-10-19)12-9-16-6-3-2-4-7-16;;/h2-8,11,14-15H,9-10,12-13,19H2,1H3;2*1H. The van der Waals surface area contributed by atoms with Crippen molar-refractivity contribution >= 4 is 30.7 Å². The van der Waals surface area contributed by atoms with Gasteiger partial charge in [-0.05, 0) is 30.5 Å². The second kappa shape index (κ2) is 11.8. The Bertz CT molecular complexity index is 581. The second-order valence-corrected chi connectivity index (χ2v) is 5.36. The highest BCUT2D eigenvalue weighted by Crippen LogP contribution is 2.17. The van der Waals surface area contributed by atoms with Gasteiger partial charge in [0.15, 0.2) is 0 Å². The molecule has 2 rings (SSSR count). The van der Waals surface area contributed by atoms with Crippen molar-refractivity contribution in [3.63, 3.8) is 0 Å². The number of nitrogens with two attached hydrogens (primary N) is 1. The van der Waals surface area contributed by atoms with Gasteiger partial charge in [-0.25, -0.2) is 0 Å². The normalized spacial score (nSPS) is 10.9. The molecular formula is C18H25Cl2N3O. The number of rotatable bonds is 7. The molecule has 0 radical (unpaired) electrons. The van der Waals surface area contributed by atoms with Crippen LogP contribution in [-0.4, -0.2) is 35.4 Å². The zero-order valence-electron chi connectivity index (χ0n) is 13.8. The molecule has 1 amide bonds. The first-order valence-electron chi connectivity index (χ1n) is 7.65. The maximum atomic E-state index is 12.7. The Morgan fingerprint density at radius 3 is 2.42 bits per heavy atom. The van der Waals surface area contributed by atoms with Crippen LogP contribution in [0.1, 0.15) is 24.0 Å². The lowest BCUT2D eigenvalue weighted by atomic mass is 10.0. The maximum absolute atomic E-state index is 12.7. The Balaban J connectivity index is 0.00000264. The molecule has 1 unspecified atom stereocenters. The van der Waals surface area contributed by atoms with E-state index in [0.717, 1.165) is 12.0 Å². The van der Waals surface area contributed by atoms with Crippen LogP contribution in [0.2, 0.25) is 0 Å². The third-order valence-corrected chi connectivity index (χ3v) is 3.78. The summed E-state index contributed by atoms with van der Waals surface area (Å²) in [6.45, 7) is 3.66. The molecule has 24 heavy (non-hydrogen) atoms. The molecule has 0 fully saturated rings. The average Bonchev–Trinajstić information content (AvgIpc) is 2.59. The second-order valence-electron chi connectivity index (χ2n) is 5.36. The van der Waals surface area contributed by atoms with Crippen molar-refractivity contribution in [3.8, 4) is 0 Å². The molecular weight excluding hydrogens is 345 g/mol. The van der Waals surface area contributed by atoms with Crippen LogP contribution in [0.15, 0.2) is 54.9 Å². The van der Waals surface area contributed by atoms with E-state index in [1.54, 1.807) is 12.4 Å². The number of benzene rings is 1. The zero-order chi connectivity index (χ0) is 15.8. The van der Waals surface area contributed by atoms with Crippen LogP contribution in [0.25, 0.3) is 0 Å². The average molecular weight is 370 g/mol. The number of carbonyl (C=O) groups is 1. The van der Waals surface area contributed by atoms with Crippen LogP contribution in [0.4, 0.5) is 0 Å². The minimum atomic E-state index is -0.198. The van der Waals surface area contributed by atoms with Gasteiger partial charge >= 0.3 is 0 Å². The van der Waals surface area contributed by atoms with Gasteiger partial charge in [-0.1, -0.05) is 36.4 Å². The molecule has 0 aliphatic carbocycles. The summed E-state index contributed by atoms with van der Waals surface area (Å²) in [5, 5.41) is 0. The summed E-state index contributed by atoms with van der Waals surface area (Å²) in [5.41, 5.74) is 7.84. The smallest absolute Gasteiger partial charge is 0.229 e. The first-order chi connectivity index (χ1) is 10.7. The highest BCUT2D eigenvalue weighted by atomic mass is 35.5. The van der Waals surface area contributed by atoms with Crippen molar-refractivity contribution in [2.75, 3.05) is 19.6 Å². The van der Waals surface area contributed by atoms with Gasteiger partial charge in [-0.3, -0.25) is 9.78 Å². The van der Waals surface area contributed by atoms with Crippen molar-refractivity contribution in [1.82, 2.24) is 9.88 Å². The van der Waals surface area contributed by atoms with E-state index in [2.05, 4.69) is 17.1 Å². The highest BCUT2D eigenvalue weighted by Gasteiger charge is 2.21. The van der Waals surface area contributed by atoms with Crippen LogP contribution < -0.4 is 5.73 Å². The predicted octanol–water partition coefficient (Wildman–Crippen LogP) is 3.06. The van der Waals surface area contributed by atoms with Gasteiger partial charge in [0, 0.05) is 32.0 Å². The van der Waals surface area contributed by atoms with E-state index in [9.17, 15) is 4.79 Å². The summed E-state index contributed by atoms with van der Waals surface area (Å²) in [6.07, 6.45) is 4.31. The van der Waals surface area contributed by atoms with E-state index in [4.69, 9.17) is 5.73 Å². The lowest BCUT2D eigenvalue weighted by molar-refractivity contribution is -0.132. The number of carbonyl (C=O) groups excluding carboxylic acids is 1. The van der Waals surface area contributed by atoms with Crippen molar-refractivity contribution in [2.24, 2.45) is 5.73 Å². The Morgan fingerprint density at radius 2 is 1.83 bits per heavy atom. The molecule has 0 saturated heterocycles. The summed E-state index contributed by atoms with van der Waals surface area (Å²) >= 11 is 0. The molecule has 0 bridgehead atoms. The van der Waals surface area contributed by atoms with Gasteiger partial charge in [-0.15, -0.1) is 24.8 Å². The van der Waals surface area contributed by atoms with E-state index in [-0.39, 0.29) is 36.6 Å². The SMILES string of the molecule is CC(C(=O)N(CCN)CCc1ccccc1)c1cccnc1.Cl.Cl. The van der Waals surface area contributed by atoms with Crippen LogP contribution in [0.5, 0.6) is 0 Å². The summed E-state index contributed by atoms with van der Waals surface area (Å²) < 4.78 is 0. The first-order valence-corrected chi connectivity index (χ1v) is 7.65. The number of halogens is 2. The number of hydrogen-bond donors (Lipinski definition) is 1. The molecule has 1 aromatic heterocycles. The van der Waals surface area contributed by atoms with Gasteiger partial charge in [0.2, 0.25) is 5.91 Å². The van der Waals surface area contributed by atoms with Crippen molar-refractivity contribution in [3.05, 3.63) is 66.0 Å². The Kier molecular flexibility index (Phi) is 11.0. The highest BCUT2D eigenvalue weighted by molar-refractivity contribution is 5.85. The van der Waals surface area contributed by atoms with Gasteiger partial charge in [0.25, 0.3) is 0 Å². The molecule has 1 aromatic carbocycles. The largest absolute Gasteiger partial charge is 0.341 e. The van der Waals surface area contributed by atoms with E-state index < -0.39 is 0 Å². The number of hydrogen-bond acceptors (Lipinski definition) is 3. The van der Waals surface area contributed by atoms with Crippen molar-refractivity contribution in [2.45, 2.75) is 19.3 Å². The van der Waals surface area contributed by atoms with Gasteiger partial charge in [-0.2, -0.15) is 0 Å². The first kappa shape index (κ1) is 22.4. The van der Waals surface area contributed by atoms with Gasteiger partial charge < -0.3 is 10.6 Å². The lowest BCUT2D eigenvalue weighted by Gasteiger charge is -2.25. The van der Waals surface area contributed by atoms with E-state index in [1.807, 2.05) is 42.2 Å². The Labute approximate surface area is 156 Å². The van der Waals surface area contributed by atoms with Crippen molar-refractivity contribution in [1.29, 1.82) is 0 Å². The molecule has 1 heterocycles. The molecule has 4 nitrogen and oxygen atoms in total. The fourth-order valence-corrected chi connectivity index (χ4v) is 2.45. The van der Waals surface area contributed by atoms with E-state index in [0.29, 0.717) is 19.6 Å². The molecule has 0 aliphatic heterocycles. The fourth-order valence-electron chi connectivity index (χ4n) is 2.45. The van der Waals surface area contributed by atoms with Crippen LogP contribution in [0, 0.1) is 0 Å². The van der Waals surface area contributed by atoms with Crippen LogP contribution in [-0.2, 0) is 11.2 Å². The topological polar surface area (TPSA) is 59.2 Å².